The summed E-state index contributed by atoms with van der Waals surface area (Å²) in [7, 11) is 0. The van der Waals surface area contributed by atoms with Crippen LogP contribution in [0.25, 0.3) is 0 Å². The van der Waals surface area contributed by atoms with Gasteiger partial charge in [0.1, 0.15) is 5.60 Å². The van der Waals surface area contributed by atoms with Gasteiger partial charge in [-0.05, 0) is 74.7 Å². The molecule has 0 saturated heterocycles. The van der Waals surface area contributed by atoms with Crippen LogP contribution in [0.3, 0.4) is 0 Å². The van der Waals surface area contributed by atoms with Gasteiger partial charge in [-0.1, -0.05) is 37.0 Å². The van der Waals surface area contributed by atoms with Gasteiger partial charge in [0.2, 0.25) is 0 Å². The second-order valence-corrected chi connectivity index (χ2v) is 9.22. The monoisotopic (exact) mass is 338 g/mol. The van der Waals surface area contributed by atoms with E-state index >= 15 is 0 Å². The number of hydrogen-bond donors (Lipinski definition) is 1. The highest BCUT2D eigenvalue weighted by molar-refractivity contribution is 5.91. The lowest BCUT2D eigenvalue weighted by atomic mass is 9.47. The maximum absolute atomic E-state index is 11.9. The van der Waals surface area contributed by atoms with Crippen molar-refractivity contribution in [3.8, 4) is 12.3 Å². The number of ketones is 1. The average Bonchev–Trinajstić information content (AvgIpc) is 2.85. The first-order valence-corrected chi connectivity index (χ1v) is 9.93. The van der Waals surface area contributed by atoms with Crippen molar-refractivity contribution in [2.24, 2.45) is 35.0 Å². The summed E-state index contributed by atoms with van der Waals surface area (Å²) in [6.45, 7) is 6.71. The Hall–Kier alpha value is -1.33. The molecular formula is C23H30O2. The van der Waals surface area contributed by atoms with Crippen molar-refractivity contribution in [3.05, 3.63) is 23.3 Å². The number of fused-ring (bicyclic) bond motifs is 5. The molecule has 4 rings (SSSR count). The Balaban J connectivity index is 1.81. The largest absolute Gasteiger partial charge is 0.377 e. The third-order valence-corrected chi connectivity index (χ3v) is 8.24. The fraction of sp³-hybridized carbons (Fsp3) is 0.696. The minimum absolute atomic E-state index is 0.218. The van der Waals surface area contributed by atoms with Crippen molar-refractivity contribution in [2.45, 2.75) is 64.9 Å². The lowest BCUT2D eigenvalue weighted by Crippen LogP contribution is -2.54. The molecule has 0 aromatic heterocycles. The topological polar surface area (TPSA) is 37.3 Å². The van der Waals surface area contributed by atoms with Gasteiger partial charge in [0.25, 0.3) is 0 Å². The lowest BCUT2D eigenvalue weighted by Gasteiger charge is -2.57. The van der Waals surface area contributed by atoms with Crippen molar-refractivity contribution < 1.29 is 9.90 Å². The van der Waals surface area contributed by atoms with Crippen LogP contribution in [-0.2, 0) is 4.79 Å². The van der Waals surface area contributed by atoms with Crippen LogP contribution in [0.5, 0.6) is 0 Å². The molecule has 0 amide bonds. The van der Waals surface area contributed by atoms with Crippen molar-refractivity contribution in [2.75, 3.05) is 0 Å². The summed E-state index contributed by atoms with van der Waals surface area (Å²) in [5.74, 6) is 5.73. The maximum Gasteiger partial charge on any atom is 0.155 e. The number of carbonyl (C=O) groups excluding carboxylic acids is 1. The van der Waals surface area contributed by atoms with Gasteiger partial charge in [0.05, 0.1) is 0 Å². The Morgan fingerprint density at radius 3 is 2.84 bits per heavy atom. The molecule has 134 valence electrons. The molecule has 3 fully saturated rings. The first-order valence-electron chi connectivity index (χ1n) is 9.93. The minimum Gasteiger partial charge on any atom is -0.377 e. The summed E-state index contributed by atoms with van der Waals surface area (Å²) in [6.07, 6.45) is 15.4. The molecule has 7 atom stereocenters. The molecule has 25 heavy (non-hydrogen) atoms. The van der Waals surface area contributed by atoms with Crippen LogP contribution < -0.4 is 0 Å². The van der Waals surface area contributed by atoms with Crippen LogP contribution in [0.1, 0.15) is 59.3 Å². The molecule has 0 aromatic carbocycles. The van der Waals surface area contributed by atoms with E-state index in [1.807, 2.05) is 6.08 Å². The number of aliphatic hydroxyl groups is 1. The molecule has 0 heterocycles. The summed E-state index contributed by atoms with van der Waals surface area (Å²) in [5.41, 5.74) is 1.66. The second kappa shape index (κ2) is 5.58. The number of carbonyl (C=O) groups is 1. The Kier molecular flexibility index (Phi) is 3.82. The van der Waals surface area contributed by atoms with E-state index in [9.17, 15) is 9.90 Å². The van der Waals surface area contributed by atoms with Gasteiger partial charge >= 0.3 is 0 Å². The molecule has 0 aromatic rings. The van der Waals surface area contributed by atoms with E-state index in [4.69, 9.17) is 6.42 Å². The minimum atomic E-state index is -0.977. The Morgan fingerprint density at radius 1 is 1.40 bits per heavy atom. The van der Waals surface area contributed by atoms with Crippen LogP contribution >= 0.6 is 0 Å². The molecule has 4 aliphatic carbocycles. The molecule has 3 saturated carbocycles. The van der Waals surface area contributed by atoms with Crippen molar-refractivity contribution in [1.29, 1.82) is 0 Å². The zero-order valence-corrected chi connectivity index (χ0v) is 15.7. The average molecular weight is 338 g/mol. The summed E-state index contributed by atoms with van der Waals surface area (Å²) >= 11 is 0. The number of terminal acetylenes is 1. The Bertz CT molecular complexity index is 708. The van der Waals surface area contributed by atoms with E-state index in [0.717, 1.165) is 32.1 Å². The van der Waals surface area contributed by atoms with E-state index in [2.05, 4.69) is 32.8 Å². The summed E-state index contributed by atoms with van der Waals surface area (Å²) in [4.78, 5) is 11.9. The Morgan fingerprint density at radius 2 is 2.16 bits per heavy atom. The predicted molar refractivity (Wildman–Crippen MR) is 99.6 cm³/mol. The fourth-order valence-electron chi connectivity index (χ4n) is 7.02. The molecular weight excluding hydrogens is 308 g/mol. The van der Waals surface area contributed by atoms with Gasteiger partial charge in [0.15, 0.2) is 5.78 Å². The van der Waals surface area contributed by atoms with Crippen LogP contribution in [0, 0.1) is 47.3 Å². The molecule has 0 aliphatic heterocycles. The van der Waals surface area contributed by atoms with E-state index in [-0.39, 0.29) is 5.41 Å². The molecule has 0 spiro atoms. The normalized spacial score (nSPS) is 50.5. The molecule has 2 nitrogen and oxygen atoms in total. The lowest BCUT2D eigenvalue weighted by molar-refractivity contribution is -0.116. The van der Waals surface area contributed by atoms with Gasteiger partial charge in [0, 0.05) is 11.8 Å². The highest BCUT2D eigenvalue weighted by Crippen LogP contribution is 2.67. The van der Waals surface area contributed by atoms with E-state index in [0.29, 0.717) is 41.8 Å². The predicted octanol–water partition coefficient (Wildman–Crippen LogP) is 4.29. The second-order valence-electron chi connectivity index (χ2n) is 9.22. The third kappa shape index (κ3) is 2.18. The van der Waals surface area contributed by atoms with Crippen molar-refractivity contribution >= 4 is 5.78 Å². The van der Waals surface area contributed by atoms with Crippen LogP contribution in [0.2, 0.25) is 0 Å². The summed E-state index contributed by atoms with van der Waals surface area (Å²) < 4.78 is 0. The quantitative estimate of drug-likeness (QED) is 0.528. The smallest absolute Gasteiger partial charge is 0.155 e. The van der Waals surface area contributed by atoms with Gasteiger partial charge in [-0.2, -0.15) is 0 Å². The SMILES string of the molecule is C#C[C@]1(O)CC[C@H]2[C@H]3[C@H](C(=CC)C[C@@]21C)[C@H]1CCC(=O)C=C1C[C@H]3C. The molecule has 0 radical (unpaired) electrons. The van der Waals surface area contributed by atoms with Crippen molar-refractivity contribution in [1.82, 2.24) is 0 Å². The van der Waals surface area contributed by atoms with Crippen molar-refractivity contribution in [3.63, 3.8) is 0 Å². The van der Waals surface area contributed by atoms with E-state index in [1.165, 1.54) is 11.1 Å². The van der Waals surface area contributed by atoms with Gasteiger partial charge in [-0.25, -0.2) is 0 Å². The first-order chi connectivity index (χ1) is 11.8. The molecule has 2 heteroatoms. The first kappa shape index (κ1) is 17.1. The highest BCUT2D eigenvalue weighted by Gasteiger charge is 2.64. The standard InChI is InChI=1S/C23H30O2/c1-5-15-13-22(4)19(9-10-23(22,25)6-2)20-14(3)11-16-12-17(24)7-8-18(16)21(15)20/h2,5,12,14,18-21,25H,7-11,13H2,1,3-4H3/t14-,18+,19+,20+,21-,22+,23+/m1/s1. The van der Waals surface area contributed by atoms with Gasteiger partial charge in [-0.15, -0.1) is 6.42 Å². The zero-order chi connectivity index (χ0) is 18.0. The summed E-state index contributed by atoms with van der Waals surface area (Å²) in [5, 5.41) is 11.2. The van der Waals surface area contributed by atoms with Gasteiger partial charge in [-0.3, -0.25) is 4.79 Å². The highest BCUT2D eigenvalue weighted by atomic mass is 16.3. The molecule has 1 N–H and O–H groups in total. The molecule has 0 bridgehead atoms. The third-order valence-electron chi connectivity index (χ3n) is 8.24. The van der Waals surface area contributed by atoms with Gasteiger partial charge < -0.3 is 5.11 Å². The van der Waals surface area contributed by atoms with Crippen LogP contribution in [0.4, 0.5) is 0 Å². The molecule has 4 aliphatic rings. The van der Waals surface area contributed by atoms with E-state index in [1.54, 1.807) is 0 Å². The molecule has 0 unspecified atom stereocenters. The van der Waals surface area contributed by atoms with E-state index < -0.39 is 5.60 Å². The Labute approximate surface area is 151 Å². The number of allylic oxidation sites excluding steroid dienone is 3. The number of hydrogen-bond acceptors (Lipinski definition) is 2. The van der Waals surface area contributed by atoms with Crippen LogP contribution in [-0.4, -0.2) is 16.5 Å². The zero-order valence-electron chi connectivity index (χ0n) is 15.7. The van der Waals surface area contributed by atoms with Crippen LogP contribution in [0.15, 0.2) is 23.3 Å². The fourth-order valence-corrected chi connectivity index (χ4v) is 7.02. The maximum atomic E-state index is 11.9. The summed E-state index contributed by atoms with van der Waals surface area (Å²) in [6, 6.07) is 0. The number of rotatable bonds is 0.